The van der Waals surface area contributed by atoms with Crippen LogP contribution in [-0.2, 0) is 6.42 Å². The predicted octanol–water partition coefficient (Wildman–Crippen LogP) is 6.45. The Morgan fingerprint density at radius 3 is 2.71 bits per heavy atom. The molecule has 4 aromatic rings. The van der Waals surface area contributed by atoms with Crippen LogP contribution in [-0.4, -0.2) is 22.5 Å². The molecule has 1 aliphatic heterocycles. The number of carbonyl (C=O) groups is 1. The van der Waals surface area contributed by atoms with Crippen molar-refractivity contribution >= 4 is 34.2 Å². The second kappa shape index (κ2) is 7.75. The van der Waals surface area contributed by atoms with Crippen molar-refractivity contribution in [2.75, 3.05) is 11.9 Å². The molecule has 2 amide bonds. The number of aromatic amines is 1. The van der Waals surface area contributed by atoms with E-state index in [1.54, 1.807) is 29.2 Å². The molecule has 4 nitrogen and oxygen atoms in total. The molecule has 0 saturated heterocycles. The number of carbonyl (C=O) groups excluding carboxylic acids is 1. The Balaban J connectivity index is 1.58. The van der Waals surface area contributed by atoms with Crippen LogP contribution in [0.15, 0.2) is 66.7 Å². The van der Waals surface area contributed by atoms with Crippen LogP contribution < -0.4 is 5.32 Å². The van der Waals surface area contributed by atoms with Crippen LogP contribution in [0.1, 0.15) is 28.4 Å². The quantitative estimate of drug-likeness (QED) is 0.375. The summed E-state index contributed by atoms with van der Waals surface area (Å²) >= 11 is 6.22. The van der Waals surface area contributed by atoms with E-state index >= 15 is 0 Å². The van der Waals surface area contributed by atoms with Gasteiger partial charge < -0.3 is 15.2 Å². The van der Waals surface area contributed by atoms with Crippen molar-refractivity contribution in [3.05, 3.63) is 100.0 Å². The summed E-state index contributed by atoms with van der Waals surface area (Å²) in [6.07, 6.45) is 0.687. The van der Waals surface area contributed by atoms with Crippen LogP contribution in [0.5, 0.6) is 0 Å². The van der Waals surface area contributed by atoms with E-state index in [1.165, 1.54) is 6.07 Å². The van der Waals surface area contributed by atoms with Crippen LogP contribution in [0.4, 0.5) is 14.9 Å². The lowest BCUT2D eigenvalue weighted by Crippen LogP contribution is -2.43. The molecule has 0 bridgehead atoms. The van der Waals surface area contributed by atoms with Crippen LogP contribution in [0.2, 0.25) is 5.02 Å². The number of rotatable bonds is 2. The SMILES string of the molecule is Cc1ccc(NC(=O)N2CCc3c([nH]c4ccccc34)C2c2ccccc2F)cc1Cl. The molecule has 1 unspecified atom stereocenters. The fraction of sp³-hybridized carbons (Fsp3) is 0.160. The number of nitrogens with zero attached hydrogens (tertiary/aromatic N) is 1. The average molecular weight is 434 g/mol. The summed E-state index contributed by atoms with van der Waals surface area (Å²) in [4.78, 5) is 18.5. The molecule has 1 atom stereocenters. The second-order valence-electron chi connectivity index (χ2n) is 7.82. The monoisotopic (exact) mass is 433 g/mol. The minimum Gasteiger partial charge on any atom is -0.356 e. The number of fused-ring (bicyclic) bond motifs is 3. The molecule has 0 spiro atoms. The summed E-state index contributed by atoms with van der Waals surface area (Å²) in [6.45, 7) is 2.38. The maximum atomic E-state index is 14.9. The lowest BCUT2D eigenvalue weighted by atomic mass is 9.92. The van der Waals surface area contributed by atoms with Gasteiger partial charge in [-0.15, -0.1) is 0 Å². The van der Waals surface area contributed by atoms with Crippen LogP contribution in [0, 0.1) is 12.7 Å². The number of hydrogen-bond donors (Lipinski definition) is 2. The van der Waals surface area contributed by atoms with E-state index in [-0.39, 0.29) is 11.8 Å². The molecular weight excluding hydrogens is 413 g/mol. The summed E-state index contributed by atoms with van der Waals surface area (Å²) in [5.41, 5.74) is 4.98. The first-order valence-electron chi connectivity index (χ1n) is 10.2. The number of H-pyrrole nitrogens is 1. The van der Waals surface area contributed by atoms with Gasteiger partial charge in [-0.05, 0) is 48.7 Å². The molecule has 0 saturated carbocycles. The third kappa shape index (κ3) is 3.45. The smallest absolute Gasteiger partial charge is 0.322 e. The third-order valence-corrected chi connectivity index (χ3v) is 6.33. The number of para-hydroxylation sites is 1. The Morgan fingerprint density at radius 2 is 1.90 bits per heavy atom. The maximum Gasteiger partial charge on any atom is 0.322 e. The standard InChI is InChI=1S/C25H21ClFN3O/c1-15-10-11-16(14-20(15)26)28-25(31)30-13-12-18-17-6-3-5-9-22(17)29-23(18)24(30)19-7-2-4-8-21(19)27/h2-11,14,24,29H,12-13H2,1H3,(H,28,31). The number of halogens is 2. The lowest BCUT2D eigenvalue weighted by molar-refractivity contribution is 0.192. The van der Waals surface area contributed by atoms with Crippen LogP contribution in [0.25, 0.3) is 10.9 Å². The lowest BCUT2D eigenvalue weighted by Gasteiger charge is -2.36. The van der Waals surface area contributed by atoms with E-state index in [9.17, 15) is 9.18 Å². The van der Waals surface area contributed by atoms with Gasteiger partial charge in [-0.25, -0.2) is 9.18 Å². The first-order valence-corrected chi connectivity index (χ1v) is 10.6. The molecular formula is C25H21ClFN3O. The molecule has 0 fully saturated rings. The molecule has 2 heterocycles. The molecule has 2 N–H and O–H groups in total. The topological polar surface area (TPSA) is 48.1 Å². The van der Waals surface area contributed by atoms with E-state index in [0.717, 1.165) is 27.7 Å². The van der Waals surface area contributed by atoms with Crippen LogP contribution >= 0.6 is 11.6 Å². The van der Waals surface area contributed by atoms with Crippen molar-refractivity contribution in [1.29, 1.82) is 0 Å². The summed E-state index contributed by atoms with van der Waals surface area (Å²) in [6, 6.07) is 19.2. The molecule has 3 aromatic carbocycles. The van der Waals surface area contributed by atoms with Gasteiger partial charge in [0.1, 0.15) is 11.9 Å². The van der Waals surface area contributed by atoms with E-state index in [2.05, 4.69) is 16.4 Å². The van der Waals surface area contributed by atoms with Crippen molar-refractivity contribution in [3.63, 3.8) is 0 Å². The Morgan fingerprint density at radius 1 is 1.13 bits per heavy atom. The van der Waals surface area contributed by atoms with E-state index in [1.807, 2.05) is 37.3 Å². The molecule has 31 heavy (non-hydrogen) atoms. The maximum absolute atomic E-state index is 14.9. The van der Waals surface area contributed by atoms with Gasteiger partial charge in [-0.1, -0.05) is 54.1 Å². The third-order valence-electron chi connectivity index (χ3n) is 5.92. The zero-order valence-corrected chi connectivity index (χ0v) is 17.7. The summed E-state index contributed by atoms with van der Waals surface area (Å²) in [5, 5.41) is 4.63. The predicted molar refractivity (Wildman–Crippen MR) is 122 cm³/mol. The van der Waals surface area contributed by atoms with Gasteiger partial charge in [-0.2, -0.15) is 0 Å². The average Bonchev–Trinajstić information content (AvgIpc) is 3.15. The number of benzene rings is 3. The Bertz CT molecular complexity index is 1300. The minimum absolute atomic E-state index is 0.294. The van der Waals surface area contributed by atoms with Crippen LogP contribution in [0.3, 0.4) is 0 Å². The number of anilines is 1. The van der Waals surface area contributed by atoms with Crippen molar-refractivity contribution in [3.8, 4) is 0 Å². The highest BCUT2D eigenvalue weighted by atomic mass is 35.5. The number of hydrogen-bond acceptors (Lipinski definition) is 1. The van der Waals surface area contributed by atoms with E-state index < -0.39 is 6.04 Å². The Labute approximate surface area is 184 Å². The summed E-state index contributed by atoms with van der Waals surface area (Å²) < 4.78 is 14.9. The number of aryl methyl sites for hydroxylation is 1. The molecule has 0 aliphatic carbocycles. The summed E-state index contributed by atoms with van der Waals surface area (Å²) in [7, 11) is 0. The minimum atomic E-state index is -0.557. The van der Waals surface area contributed by atoms with Gasteiger partial charge in [0, 0.05) is 39.4 Å². The van der Waals surface area contributed by atoms with E-state index in [0.29, 0.717) is 29.2 Å². The fourth-order valence-corrected chi connectivity index (χ4v) is 4.53. The molecule has 1 aliphatic rings. The van der Waals surface area contributed by atoms with Crippen molar-refractivity contribution in [2.24, 2.45) is 0 Å². The summed E-state index contributed by atoms with van der Waals surface area (Å²) in [5.74, 6) is -0.338. The molecule has 5 rings (SSSR count). The van der Waals surface area contributed by atoms with Crippen molar-refractivity contribution < 1.29 is 9.18 Å². The number of urea groups is 1. The molecule has 6 heteroatoms. The number of nitrogens with one attached hydrogen (secondary N) is 2. The fourth-order valence-electron chi connectivity index (χ4n) is 4.35. The van der Waals surface area contributed by atoms with Gasteiger partial charge in [0.15, 0.2) is 0 Å². The van der Waals surface area contributed by atoms with Gasteiger partial charge in [0.2, 0.25) is 0 Å². The zero-order valence-electron chi connectivity index (χ0n) is 17.0. The second-order valence-corrected chi connectivity index (χ2v) is 8.23. The van der Waals surface area contributed by atoms with Gasteiger partial charge in [0.05, 0.1) is 0 Å². The van der Waals surface area contributed by atoms with Crippen molar-refractivity contribution in [2.45, 2.75) is 19.4 Å². The van der Waals surface area contributed by atoms with E-state index in [4.69, 9.17) is 11.6 Å². The highest BCUT2D eigenvalue weighted by Crippen LogP contribution is 2.39. The number of aromatic nitrogens is 1. The normalized spacial score (nSPS) is 15.7. The highest BCUT2D eigenvalue weighted by molar-refractivity contribution is 6.31. The zero-order chi connectivity index (χ0) is 21.5. The van der Waals surface area contributed by atoms with Crippen molar-refractivity contribution in [1.82, 2.24) is 9.88 Å². The molecule has 156 valence electrons. The first kappa shape index (κ1) is 19.6. The van der Waals surface area contributed by atoms with Gasteiger partial charge >= 0.3 is 6.03 Å². The molecule has 1 aromatic heterocycles. The van der Waals surface area contributed by atoms with Gasteiger partial charge in [-0.3, -0.25) is 0 Å². The van der Waals surface area contributed by atoms with Gasteiger partial charge in [0.25, 0.3) is 0 Å². The first-order chi connectivity index (χ1) is 15.0. The Hall–Kier alpha value is -3.31. The Kier molecular flexibility index (Phi) is 4.91. The number of amides is 2. The molecule has 0 radical (unpaired) electrons. The highest BCUT2D eigenvalue weighted by Gasteiger charge is 2.36. The largest absolute Gasteiger partial charge is 0.356 e.